The molecule has 8 heteroatoms. The van der Waals surface area contributed by atoms with Crippen LogP contribution in [0.1, 0.15) is 24.9 Å². The molecule has 1 N–H and O–H groups in total. The molecule has 2 heterocycles. The number of nitrogens with one attached hydrogen (secondary N) is 1. The first kappa shape index (κ1) is 15.7. The maximum Gasteiger partial charge on any atom is 0.330 e. The summed E-state index contributed by atoms with van der Waals surface area (Å²) < 4.78 is 29.1. The predicted molar refractivity (Wildman–Crippen MR) is 77.6 cm³/mol. The molecule has 0 bridgehead atoms. The number of amides is 1. The molecule has 21 heavy (non-hydrogen) atoms. The Morgan fingerprint density at radius 1 is 1.43 bits per heavy atom. The molecule has 0 fully saturated rings. The van der Waals surface area contributed by atoms with E-state index < -0.39 is 27.0 Å². The van der Waals surface area contributed by atoms with E-state index in [-0.39, 0.29) is 6.04 Å². The Kier molecular flexibility index (Phi) is 4.48. The summed E-state index contributed by atoms with van der Waals surface area (Å²) in [6.45, 7) is 1.63. The lowest BCUT2D eigenvalue weighted by Crippen LogP contribution is -2.35. The smallest absolute Gasteiger partial charge is 0.330 e. The van der Waals surface area contributed by atoms with Crippen LogP contribution in [0.5, 0.6) is 0 Å². The Hall–Kier alpha value is -1.67. The van der Waals surface area contributed by atoms with Crippen molar-refractivity contribution in [2.75, 3.05) is 7.11 Å². The Balaban J connectivity index is 2.18. The molecule has 6 nitrogen and oxygen atoms in total. The Morgan fingerprint density at radius 3 is 2.81 bits per heavy atom. The van der Waals surface area contributed by atoms with E-state index in [1.54, 1.807) is 18.4 Å². The van der Waals surface area contributed by atoms with Crippen molar-refractivity contribution in [3.05, 3.63) is 29.2 Å². The number of hydrogen-bond acceptors (Lipinski definition) is 6. The van der Waals surface area contributed by atoms with Gasteiger partial charge in [-0.25, -0.2) is 13.2 Å². The van der Waals surface area contributed by atoms with Crippen LogP contribution in [0.3, 0.4) is 0 Å². The largest absolute Gasteiger partial charge is 0.466 e. The van der Waals surface area contributed by atoms with E-state index >= 15 is 0 Å². The summed E-state index contributed by atoms with van der Waals surface area (Å²) in [5, 5.41) is 3.86. The number of esters is 1. The van der Waals surface area contributed by atoms with Gasteiger partial charge in [-0.05, 0) is 24.8 Å². The van der Waals surface area contributed by atoms with E-state index in [1.165, 1.54) is 7.11 Å². The van der Waals surface area contributed by atoms with Crippen molar-refractivity contribution in [3.63, 3.8) is 0 Å². The van der Waals surface area contributed by atoms with Gasteiger partial charge in [0.2, 0.25) is 5.91 Å². The van der Waals surface area contributed by atoms with E-state index in [2.05, 4.69) is 10.1 Å². The highest BCUT2D eigenvalue weighted by Crippen LogP contribution is 2.39. The third kappa shape index (κ3) is 3.16. The van der Waals surface area contributed by atoms with E-state index in [4.69, 9.17) is 0 Å². The lowest BCUT2D eigenvalue weighted by molar-refractivity contribution is -0.135. The fourth-order valence-electron chi connectivity index (χ4n) is 2.13. The zero-order chi connectivity index (χ0) is 15.6. The van der Waals surface area contributed by atoms with Gasteiger partial charge in [0.05, 0.1) is 18.4 Å². The second kappa shape index (κ2) is 5.98. The minimum Gasteiger partial charge on any atom is -0.466 e. The molecule has 1 aliphatic rings. The van der Waals surface area contributed by atoms with Gasteiger partial charge in [-0.1, -0.05) is 0 Å². The van der Waals surface area contributed by atoms with Crippen molar-refractivity contribution in [3.8, 4) is 0 Å². The molecule has 1 amide bonds. The second-order valence-corrected chi connectivity index (χ2v) is 8.15. The van der Waals surface area contributed by atoms with Gasteiger partial charge in [-0.2, -0.15) is 0 Å². The number of thiophene rings is 1. The van der Waals surface area contributed by atoms with Crippen molar-refractivity contribution in [2.24, 2.45) is 0 Å². The number of fused-ring (bicyclic) bond motifs is 1. The van der Waals surface area contributed by atoms with Gasteiger partial charge in [0, 0.05) is 17.7 Å². The quantitative estimate of drug-likeness (QED) is 0.665. The average molecular weight is 329 g/mol. The fourth-order valence-corrected chi connectivity index (χ4v) is 5.36. The lowest BCUT2D eigenvalue weighted by atomic mass is 10.0. The Labute approximate surface area is 126 Å². The van der Waals surface area contributed by atoms with Gasteiger partial charge in [-0.15, -0.1) is 11.3 Å². The van der Waals surface area contributed by atoms with Crippen molar-refractivity contribution in [2.45, 2.75) is 28.8 Å². The standard InChI is InChI=1S/C13H15NO5S2/c1-8-7-10(14-11(15)3-4-12(16)19-2)9-5-6-20-13(9)21(8,17)18/h3-6,8,10H,7H2,1-2H3,(H,14,15)/b4-3+/t8-,10-/m0/s1. The van der Waals surface area contributed by atoms with Crippen LogP contribution >= 0.6 is 11.3 Å². The van der Waals surface area contributed by atoms with Crippen LogP contribution in [-0.2, 0) is 24.2 Å². The molecular weight excluding hydrogens is 314 g/mol. The average Bonchev–Trinajstić information content (AvgIpc) is 2.93. The van der Waals surface area contributed by atoms with Crippen LogP contribution in [0.4, 0.5) is 0 Å². The van der Waals surface area contributed by atoms with E-state index in [0.29, 0.717) is 16.2 Å². The van der Waals surface area contributed by atoms with Crippen LogP contribution in [0.15, 0.2) is 27.8 Å². The maximum absolute atomic E-state index is 12.2. The molecule has 0 aliphatic carbocycles. The topological polar surface area (TPSA) is 89.5 Å². The first-order valence-electron chi connectivity index (χ1n) is 6.24. The molecule has 2 atom stereocenters. The molecule has 0 saturated carbocycles. The minimum atomic E-state index is -3.30. The van der Waals surface area contributed by atoms with Crippen LogP contribution in [0.2, 0.25) is 0 Å². The fraction of sp³-hybridized carbons (Fsp3) is 0.385. The molecule has 114 valence electrons. The molecule has 1 aromatic rings. The van der Waals surface area contributed by atoms with E-state index in [9.17, 15) is 18.0 Å². The molecule has 0 radical (unpaired) electrons. The monoisotopic (exact) mass is 329 g/mol. The van der Waals surface area contributed by atoms with Gasteiger partial charge in [0.1, 0.15) is 4.21 Å². The van der Waals surface area contributed by atoms with E-state index in [1.807, 2.05) is 0 Å². The van der Waals surface area contributed by atoms with Crippen LogP contribution in [-0.4, -0.2) is 32.7 Å². The van der Waals surface area contributed by atoms with Gasteiger partial charge in [0.15, 0.2) is 9.84 Å². The molecule has 0 unspecified atom stereocenters. The highest BCUT2D eigenvalue weighted by atomic mass is 32.2. The predicted octanol–water partition coefficient (Wildman–Crippen LogP) is 1.20. The van der Waals surface area contributed by atoms with Gasteiger partial charge < -0.3 is 10.1 Å². The lowest BCUT2D eigenvalue weighted by Gasteiger charge is -2.27. The zero-order valence-corrected chi connectivity index (χ0v) is 13.2. The van der Waals surface area contributed by atoms with Crippen LogP contribution in [0, 0.1) is 0 Å². The highest BCUT2D eigenvalue weighted by molar-refractivity contribution is 7.94. The summed E-state index contributed by atoms with van der Waals surface area (Å²) >= 11 is 1.16. The molecule has 0 spiro atoms. The number of ether oxygens (including phenoxy) is 1. The number of carbonyl (C=O) groups excluding carboxylic acids is 2. The van der Waals surface area contributed by atoms with Crippen molar-refractivity contribution in [1.29, 1.82) is 0 Å². The highest BCUT2D eigenvalue weighted by Gasteiger charge is 2.37. The summed E-state index contributed by atoms with van der Waals surface area (Å²) in [7, 11) is -2.08. The first-order chi connectivity index (χ1) is 9.86. The SMILES string of the molecule is COC(=O)/C=C/C(=O)N[C@H]1C[C@H](C)S(=O)(=O)c2sccc21. The summed E-state index contributed by atoms with van der Waals surface area (Å²) in [6.07, 6.45) is 2.41. The number of methoxy groups -OCH3 is 1. The molecular formula is C13H15NO5S2. The maximum atomic E-state index is 12.2. The molecule has 2 rings (SSSR count). The molecule has 1 aromatic heterocycles. The second-order valence-electron chi connectivity index (χ2n) is 4.67. The number of sulfone groups is 1. The van der Waals surface area contributed by atoms with Gasteiger partial charge in [-0.3, -0.25) is 4.79 Å². The van der Waals surface area contributed by atoms with Crippen molar-refractivity contribution < 1.29 is 22.7 Å². The van der Waals surface area contributed by atoms with Gasteiger partial charge in [0.25, 0.3) is 0 Å². The minimum absolute atomic E-state index is 0.309. The van der Waals surface area contributed by atoms with Crippen LogP contribution in [0.25, 0.3) is 0 Å². The molecule has 1 aliphatic heterocycles. The first-order valence-corrected chi connectivity index (χ1v) is 8.66. The van der Waals surface area contributed by atoms with Gasteiger partial charge >= 0.3 is 5.97 Å². The van der Waals surface area contributed by atoms with E-state index in [0.717, 1.165) is 23.5 Å². The molecule has 0 saturated heterocycles. The summed E-state index contributed by atoms with van der Waals surface area (Å²) in [5.41, 5.74) is 0.609. The Bertz CT molecular complexity index is 689. The molecule has 0 aromatic carbocycles. The number of carbonyl (C=O) groups is 2. The number of hydrogen-bond donors (Lipinski definition) is 1. The third-order valence-corrected chi connectivity index (χ3v) is 6.99. The third-order valence-electron chi connectivity index (χ3n) is 3.28. The van der Waals surface area contributed by atoms with Crippen molar-refractivity contribution >= 4 is 33.1 Å². The normalized spacial score (nSPS) is 23.5. The summed E-state index contributed by atoms with van der Waals surface area (Å²) in [6, 6.07) is 1.33. The van der Waals surface area contributed by atoms with Crippen molar-refractivity contribution in [1.82, 2.24) is 5.32 Å². The summed E-state index contributed by atoms with van der Waals surface area (Å²) in [4.78, 5) is 22.7. The Morgan fingerprint density at radius 2 is 2.14 bits per heavy atom. The zero-order valence-electron chi connectivity index (χ0n) is 11.5. The van der Waals surface area contributed by atoms with Crippen LogP contribution < -0.4 is 5.32 Å². The summed E-state index contributed by atoms with van der Waals surface area (Å²) in [5.74, 6) is -1.09. The number of rotatable bonds is 3.